The number of hydrogen-bond donors (Lipinski definition) is 0. The number of nitrogens with zero attached hydrogens (tertiary/aromatic N) is 3. The lowest BCUT2D eigenvalue weighted by Gasteiger charge is -2.41. The number of halogens is 1. The van der Waals surface area contributed by atoms with Gasteiger partial charge >= 0.3 is 0 Å². The fourth-order valence-corrected chi connectivity index (χ4v) is 4.68. The Morgan fingerprint density at radius 2 is 2.00 bits per heavy atom. The molecule has 0 bridgehead atoms. The number of aromatic nitrogens is 2. The van der Waals surface area contributed by atoms with Crippen LogP contribution in [0.1, 0.15) is 32.1 Å². The third kappa shape index (κ3) is 3.36. The number of hydrogen-bond acceptors (Lipinski definition) is 3. The van der Waals surface area contributed by atoms with E-state index in [2.05, 4.69) is 20.9 Å². The summed E-state index contributed by atoms with van der Waals surface area (Å²) in [5.74, 6) is 1.47. The second kappa shape index (κ2) is 6.90. The lowest BCUT2D eigenvalue weighted by molar-refractivity contribution is -0.135. The van der Waals surface area contributed by atoms with E-state index < -0.39 is 0 Å². The molecule has 1 saturated heterocycles. The van der Waals surface area contributed by atoms with Gasteiger partial charge in [-0.1, -0.05) is 35.2 Å². The molecule has 4 rings (SSSR count). The number of fused-ring (bicyclic) bond motifs is 2. The third-order valence-corrected chi connectivity index (χ3v) is 6.23. The number of benzene rings is 1. The minimum Gasteiger partial charge on any atom is -0.341 e. The summed E-state index contributed by atoms with van der Waals surface area (Å²) in [6.07, 6.45) is 7.77. The molecule has 2 aliphatic rings. The van der Waals surface area contributed by atoms with Crippen LogP contribution in [0.2, 0.25) is 0 Å². The summed E-state index contributed by atoms with van der Waals surface area (Å²) in [5.41, 5.74) is 0.493. The second-order valence-corrected chi connectivity index (χ2v) is 8.19. The van der Waals surface area contributed by atoms with Gasteiger partial charge in [0.2, 0.25) is 5.91 Å². The minimum atomic E-state index is -0.160. The van der Waals surface area contributed by atoms with Gasteiger partial charge in [-0.05, 0) is 42.9 Å². The molecule has 132 valence electrons. The maximum Gasteiger partial charge on any atom is 0.261 e. The van der Waals surface area contributed by atoms with Crippen molar-refractivity contribution >= 4 is 32.7 Å². The number of piperidine rings is 1. The van der Waals surface area contributed by atoms with Gasteiger partial charge in [-0.2, -0.15) is 0 Å². The van der Waals surface area contributed by atoms with Crippen molar-refractivity contribution in [1.82, 2.24) is 14.5 Å². The maximum absolute atomic E-state index is 12.7. The Morgan fingerprint density at radius 3 is 2.84 bits per heavy atom. The summed E-state index contributed by atoms with van der Waals surface area (Å²) in [4.78, 5) is 31.7. The number of carbonyl (C=O) groups is 1. The van der Waals surface area contributed by atoms with E-state index >= 15 is 0 Å². The molecule has 1 aromatic heterocycles. The molecule has 0 unspecified atom stereocenters. The normalized spacial score (nSPS) is 23.5. The Bertz CT molecular complexity index is 863. The van der Waals surface area contributed by atoms with Gasteiger partial charge in [-0.15, -0.1) is 0 Å². The number of likely N-dealkylation sites (tertiary alicyclic amines) is 1. The summed E-state index contributed by atoms with van der Waals surface area (Å²) >= 11 is 3.39. The van der Waals surface area contributed by atoms with Gasteiger partial charge < -0.3 is 4.90 Å². The minimum absolute atomic E-state index is 0.0299. The first-order valence-electron chi connectivity index (χ1n) is 9.04. The average Bonchev–Trinajstić information content (AvgIpc) is 2.64. The van der Waals surface area contributed by atoms with Crippen LogP contribution in [0.4, 0.5) is 0 Å². The van der Waals surface area contributed by atoms with E-state index in [4.69, 9.17) is 0 Å². The van der Waals surface area contributed by atoms with Crippen LogP contribution in [0, 0.1) is 11.8 Å². The topological polar surface area (TPSA) is 55.2 Å². The zero-order valence-electron chi connectivity index (χ0n) is 14.2. The first-order chi connectivity index (χ1) is 12.1. The highest BCUT2D eigenvalue weighted by atomic mass is 79.9. The first kappa shape index (κ1) is 16.8. The van der Waals surface area contributed by atoms with Crippen LogP contribution in [0.25, 0.3) is 10.9 Å². The largest absolute Gasteiger partial charge is 0.341 e. The molecule has 2 atom stereocenters. The molecule has 6 heteroatoms. The van der Waals surface area contributed by atoms with Crippen LogP contribution >= 0.6 is 15.9 Å². The van der Waals surface area contributed by atoms with E-state index in [1.165, 1.54) is 36.6 Å². The fourth-order valence-electron chi connectivity index (χ4n) is 4.32. The Kier molecular flexibility index (Phi) is 4.63. The number of carbonyl (C=O) groups excluding carboxylic acids is 1. The van der Waals surface area contributed by atoms with Crippen LogP contribution in [0.3, 0.4) is 0 Å². The fraction of sp³-hybridized carbons (Fsp3) is 0.526. The molecular weight excluding hydrogens is 382 g/mol. The highest BCUT2D eigenvalue weighted by Crippen LogP contribution is 2.36. The molecule has 0 N–H and O–H groups in total. The Hall–Kier alpha value is -1.69. The van der Waals surface area contributed by atoms with Gasteiger partial charge in [-0.25, -0.2) is 4.98 Å². The molecule has 5 nitrogen and oxygen atoms in total. The molecule has 0 spiro atoms. The SMILES string of the molecule is O=C(Cn1cnc2ccc(Br)cc2c1=O)N1CC[C@@H]2CCCC[C@H]2C1. The van der Waals surface area contributed by atoms with Crippen molar-refractivity contribution in [3.8, 4) is 0 Å². The molecule has 1 amide bonds. The Balaban J connectivity index is 1.52. The summed E-state index contributed by atoms with van der Waals surface area (Å²) in [7, 11) is 0. The van der Waals surface area contributed by atoms with Crippen molar-refractivity contribution in [1.29, 1.82) is 0 Å². The molecule has 2 fully saturated rings. The molecule has 1 aromatic carbocycles. The van der Waals surface area contributed by atoms with E-state index in [0.717, 1.165) is 29.9 Å². The average molecular weight is 404 g/mol. The predicted molar refractivity (Wildman–Crippen MR) is 100 cm³/mol. The maximum atomic E-state index is 12.7. The predicted octanol–water partition coefficient (Wildman–Crippen LogP) is 3.20. The van der Waals surface area contributed by atoms with E-state index in [9.17, 15) is 9.59 Å². The van der Waals surface area contributed by atoms with Crippen LogP contribution < -0.4 is 5.56 Å². The molecular formula is C19H22BrN3O2. The Labute approximate surface area is 155 Å². The first-order valence-corrected chi connectivity index (χ1v) is 9.83. The van der Waals surface area contributed by atoms with Crippen LogP contribution in [-0.2, 0) is 11.3 Å². The molecule has 0 radical (unpaired) electrons. The van der Waals surface area contributed by atoms with Gasteiger partial charge in [0.25, 0.3) is 5.56 Å². The highest BCUT2D eigenvalue weighted by molar-refractivity contribution is 9.10. The van der Waals surface area contributed by atoms with Crippen LogP contribution in [-0.4, -0.2) is 33.4 Å². The number of amides is 1. The molecule has 1 aliphatic carbocycles. The van der Waals surface area contributed by atoms with Crippen molar-refractivity contribution in [3.05, 3.63) is 39.4 Å². The molecule has 2 aromatic rings. The third-order valence-electron chi connectivity index (χ3n) is 5.74. The van der Waals surface area contributed by atoms with E-state index in [0.29, 0.717) is 16.8 Å². The van der Waals surface area contributed by atoms with E-state index in [-0.39, 0.29) is 18.0 Å². The molecule has 25 heavy (non-hydrogen) atoms. The van der Waals surface area contributed by atoms with Crippen LogP contribution in [0.15, 0.2) is 33.8 Å². The van der Waals surface area contributed by atoms with Crippen molar-refractivity contribution in [2.24, 2.45) is 11.8 Å². The zero-order valence-corrected chi connectivity index (χ0v) is 15.7. The van der Waals surface area contributed by atoms with Crippen molar-refractivity contribution in [2.75, 3.05) is 13.1 Å². The number of rotatable bonds is 2. The zero-order chi connectivity index (χ0) is 17.4. The molecule has 2 heterocycles. The Morgan fingerprint density at radius 1 is 1.20 bits per heavy atom. The summed E-state index contributed by atoms with van der Waals surface area (Å²) in [5, 5.41) is 0.538. The van der Waals surface area contributed by atoms with Crippen LogP contribution in [0.5, 0.6) is 0 Å². The molecule has 1 aliphatic heterocycles. The van der Waals surface area contributed by atoms with Gasteiger partial charge in [0.15, 0.2) is 0 Å². The van der Waals surface area contributed by atoms with Crippen molar-refractivity contribution in [2.45, 2.75) is 38.6 Å². The van der Waals surface area contributed by atoms with E-state index in [1.807, 2.05) is 11.0 Å². The van der Waals surface area contributed by atoms with Crippen molar-refractivity contribution in [3.63, 3.8) is 0 Å². The summed E-state index contributed by atoms with van der Waals surface area (Å²) in [6, 6.07) is 5.43. The lowest BCUT2D eigenvalue weighted by atomic mass is 9.75. The quantitative estimate of drug-likeness (QED) is 0.773. The monoisotopic (exact) mass is 403 g/mol. The highest BCUT2D eigenvalue weighted by Gasteiger charge is 2.32. The van der Waals surface area contributed by atoms with Gasteiger partial charge in [0.1, 0.15) is 6.54 Å². The van der Waals surface area contributed by atoms with E-state index in [1.54, 1.807) is 12.1 Å². The second-order valence-electron chi connectivity index (χ2n) is 7.27. The lowest BCUT2D eigenvalue weighted by Crippen LogP contribution is -2.46. The van der Waals surface area contributed by atoms with Gasteiger partial charge in [-0.3, -0.25) is 14.2 Å². The smallest absolute Gasteiger partial charge is 0.261 e. The van der Waals surface area contributed by atoms with Gasteiger partial charge in [0, 0.05) is 17.6 Å². The standard InChI is InChI=1S/C19H22BrN3O2/c20-15-5-6-17-16(9-15)19(25)23(12-21-17)11-18(24)22-8-7-13-3-1-2-4-14(13)10-22/h5-6,9,12-14H,1-4,7-8,10-11H2/t13-,14-/m0/s1. The summed E-state index contributed by atoms with van der Waals surface area (Å²) in [6.45, 7) is 1.75. The summed E-state index contributed by atoms with van der Waals surface area (Å²) < 4.78 is 2.27. The molecule has 1 saturated carbocycles. The van der Waals surface area contributed by atoms with Crippen molar-refractivity contribution < 1.29 is 4.79 Å². The van der Waals surface area contributed by atoms with Gasteiger partial charge in [0.05, 0.1) is 17.2 Å².